The van der Waals surface area contributed by atoms with Gasteiger partial charge in [0.1, 0.15) is 4.90 Å². The Kier molecular flexibility index (Phi) is 5.77. The van der Waals surface area contributed by atoms with Crippen LogP contribution in [0.4, 0.5) is 11.4 Å². The largest absolute Gasteiger partial charge is 0.296 e. The van der Waals surface area contributed by atoms with Crippen molar-refractivity contribution in [1.29, 1.82) is 0 Å². The van der Waals surface area contributed by atoms with Gasteiger partial charge in [-0.15, -0.1) is 0 Å². The van der Waals surface area contributed by atoms with Crippen molar-refractivity contribution in [2.24, 2.45) is 15.3 Å². The lowest BCUT2D eigenvalue weighted by Crippen LogP contribution is -2.30. The van der Waals surface area contributed by atoms with Crippen LogP contribution in [0, 0.1) is 13.8 Å². The van der Waals surface area contributed by atoms with E-state index in [2.05, 4.69) is 15.3 Å². The molecule has 0 aromatic heterocycles. The van der Waals surface area contributed by atoms with Gasteiger partial charge in [-0.3, -0.25) is 9.35 Å². The van der Waals surface area contributed by atoms with E-state index in [1.165, 1.54) is 0 Å². The van der Waals surface area contributed by atoms with Crippen LogP contribution in [0.3, 0.4) is 0 Å². The number of hydrogen-bond acceptors (Lipinski definition) is 6. The Balaban J connectivity index is 1.92. The van der Waals surface area contributed by atoms with Crippen molar-refractivity contribution in [1.82, 2.24) is 0 Å². The number of aryl methyl sites for hydroxylation is 2. The second-order valence-corrected chi connectivity index (χ2v) is 8.71. The van der Waals surface area contributed by atoms with Gasteiger partial charge >= 0.3 is 0 Å². The van der Waals surface area contributed by atoms with Gasteiger partial charge in [0.15, 0.2) is 6.04 Å². The second kappa shape index (κ2) is 7.83. The summed E-state index contributed by atoms with van der Waals surface area (Å²) >= 11 is 12.0. The van der Waals surface area contributed by atoms with Gasteiger partial charge in [0.05, 0.1) is 27.1 Å². The van der Waals surface area contributed by atoms with Crippen LogP contribution in [0.15, 0.2) is 50.6 Å². The third kappa shape index (κ3) is 4.32. The Morgan fingerprint density at radius 1 is 1.10 bits per heavy atom. The molecule has 0 radical (unpaired) electrons. The number of benzene rings is 2. The molecule has 1 aliphatic heterocycles. The Labute approximate surface area is 177 Å². The minimum absolute atomic E-state index is 0.0673. The smallest absolute Gasteiger partial charge is 0.282 e. The molecule has 0 aliphatic carbocycles. The number of anilines is 1. The maximum atomic E-state index is 12.8. The minimum atomic E-state index is -4.57. The molecular weight excluding hydrogens is 439 g/mol. The number of amides is 1. The summed E-state index contributed by atoms with van der Waals surface area (Å²) in [7, 11) is -4.57. The molecule has 2 aromatic rings. The van der Waals surface area contributed by atoms with E-state index in [-0.39, 0.29) is 15.7 Å². The zero-order valence-electron chi connectivity index (χ0n) is 15.6. The van der Waals surface area contributed by atoms with E-state index in [0.29, 0.717) is 11.4 Å². The predicted octanol–water partition coefficient (Wildman–Crippen LogP) is 4.73. The molecule has 11 heteroatoms. The lowest BCUT2D eigenvalue weighted by molar-refractivity contribution is -0.117. The Hall–Kier alpha value is -2.33. The Bertz CT molecular complexity index is 1180. The molecule has 0 bridgehead atoms. The molecule has 0 saturated carbocycles. The van der Waals surface area contributed by atoms with Gasteiger partial charge < -0.3 is 0 Å². The third-order valence-electron chi connectivity index (χ3n) is 4.24. The molecule has 1 heterocycles. The van der Waals surface area contributed by atoms with E-state index in [9.17, 15) is 17.8 Å². The summed E-state index contributed by atoms with van der Waals surface area (Å²) in [6, 6.07) is 6.80. The molecule has 2 aromatic carbocycles. The lowest BCUT2D eigenvalue weighted by Gasteiger charge is -2.15. The highest BCUT2D eigenvalue weighted by atomic mass is 35.5. The first kappa shape index (κ1) is 21.4. The normalized spacial score (nSPS) is 17.3. The van der Waals surface area contributed by atoms with E-state index in [0.717, 1.165) is 28.3 Å². The number of hydrazone groups is 1. The first-order valence-corrected chi connectivity index (χ1v) is 10.5. The minimum Gasteiger partial charge on any atom is -0.282 e. The van der Waals surface area contributed by atoms with Crippen LogP contribution >= 0.6 is 23.2 Å². The summed E-state index contributed by atoms with van der Waals surface area (Å²) in [5.41, 5.74) is 3.09. The summed E-state index contributed by atoms with van der Waals surface area (Å²) in [5.74, 6) is -0.520. The molecule has 8 nitrogen and oxygen atoms in total. The van der Waals surface area contributed by atoms with E-state index in [1.807, 2.05) is 32.0 Å². The molecule has 0 fully saturated rings. The molecular formula is C18H16Cl2N4O4S. The molecule has 3 rings (SSSR count). The van der Waals surface area contributed by atoms with E-state index in [4.69, 9.17) is 23.2 Å². The van der Waals surface area contributed by atoms with Crippen LogP contribution in [0.2, 0.25) is 10.0 Å². The zero-order chi connectivity index (χ0) is 21.5. The fourth-order valence-corrected chi connectivity index (χ4v) is 4.11. The highest BCUT2D eigenvalue weighted by Crippen LogP contribution is 2.36. The van der Waals surface area contributed by atoms with Crippen molar-refractivity contribution in [2.75, 3.05) is 5.01 Å². The Morgan fingerprint density at radius 2 is 1.79 bits per heavy atom. The van der Waals surface area contributed by atoms with Gasteiger partial charge in [-0.2, -0.15) is 28.8 Å². The van der Waals surface area contributed by atoms with Gasteiger partial charge in [-0.05, 0) is 44.5 Å². The third-order valence-corrected chi connectivity index (χ3v) is 5.86. The average Bonchev–Trinajstić information content (AvgIpc) is 2.89. The number of carbonyl (C=O) groups excluding carboxylic acids is 1. The van der Waals surface area contributed by atoms with Crippen LogP contribution in [0.1, 0.15) is 18.1 Å². The molecule has 0 spiro atoms. The van der Waals surface area contributed by atoms with Gasteiger partial charge in [-0.25, -0.2) is 0 Å². The summed E-state index contributed by atoms with van der Waals surface area (Å²) in [5, 5.41) is 13.0. The fraction of sp³-hybridized carbons (Fsp3) is 0.222. The molecule has 1 atom stereocenters. The highest BCUT2D eigenvalue weighted by molar-refractivity contribution is 7.86. The number of hydrogen-bond donors (Lipinski definition) is 1. The quantitative estimate of drug-likeness (QED) is 0.531. The summed E-state index contributed by atoms with van der Waals surface area (Å²) in [4.78, 5) is 12.2. The van der Waals surface area contributed by atoms with Gasteiger partial charge in [-0.1, -0.05) is 40.9 Å². The molecule has 152 valence electrons. The molecule has 1 unspecified atom stereocenters. The van der Waals surface area contributed by atoms with Crippen molar-refractivity contribution >= 4 is 56.3 Å². The monoisotopic (exact) mass is 454 g/mol. The first-order chi connectivity index (χ1) is 13.5. The maximum Gasteiger partial charge on any atom is 0.296 e. The lowest BCUT2D eigenvalue weighted by atomic mass is 10.1. The summed E-state index contributed by atoms with van der Waals surface area (Å²) in [6.45, 7) is 5.47. The molecule has 0 saturated heterocycles. The maximum absolute atomic E-state index is 12.8. The van der Waals surface area contributed by atoms with Gasteiger partial charge in [0.25, 0.3) is 16.0 Å². The number of halogens is 2. The zero-order valence-corrected chi connectivity index (χ0v) is 17.9. The van der Waals surface area contributed by atoms with E-state index >= 15 is 0 Å². The topological polar surface area (TPSA) is 112 Å². The number of carbonyl (C=O) groups is 1. The van der Waals surface area contributed by atoms with Crippen molar-refractivity contribution in [3.05, 3.63) is 51.5 Å². The van der Waals surface area contributed by atoms with Crippen LogP contribution in [0.25, 0.3) is 0 Å². The van der Waals surface area contributed by atoms with Crippen molar-refractivity contribution in [3.63, 3.8) is 0 Å². The molecule has 1 aliphatic rings. The van der Waals surface area contributed by atoms with Crippen LogP contribution in [-0.4, -0.2) is 30.6 Å². The van der Waals surface area contributed by atoms with E-state index in [1.54, 1.807) is 6.92 Å². The van der Waals surface area contributed by atoms with Crippen molar-refractivity contribution in [2.45, 2.75) is 31.7 Å². The van der Waals surface area contributed by atoms with Crippen LogP contribution < -0.4 is 5.01 Å². The molecule has 1 N–H and O–H groups in total. The highest BCUT2D eigenvalue weighted by Gasteiger charge is 2.36. The SMILES string of the molecule is CC1=NN(c2cc(Cl)c(S(=O)(=O)O)cc2Cl)C(=O)C1N=Nc1ccc(C)cc1C. The first-order valence-electron chi connectivity index (χ1n) is 8.32. The van der Waals surface area contributed by atoms with Crippen molar-refractivity contribution < 1.29 is 17.8 Å². The molecule has 29 heavy (non-hydrogen) atoms. The standard InChI is InChI=1S/C18H16Cl2N4O4S/c1-9-4-5-14(10(2)6-9)21-22-17-11(3)23-24(18(17)25)15-7-13(20)16(8-12(15)19)29(26,27)28/h4-8,17H,1-3H3,(H,26,27,28). The predicted molar refractivity (Wildman–Crippen MR) is 111 cm³/mol. The Morgan fingerprint density at radius 3 is 2.41 bits per heavy atom. The number of nitrogens with zero attached hydrogens (tertiary/aromatic N) is 4. The van der Waals surface area contributed by atoms with Crippen LogP contribution in [-0.2, 0) is 14.9 Å². The van der Waals surface area contributed by atoms with E-state index < -0.39 is 27.0 Å². The molecule has 1 amide bonds. The number of azo groups is 1. The van der Waals surface area contributed by atoms with Gasteiger partial charge in [0, 0.05) is 0 Å². The average molecular weight is 455 g/mol. The second-order valence-electron chi connectivity index (χ2n) is 6.51. The summed E-state index contributed by atoms with van der Waals surface area (Å²) in [6.07, 6.45) is 0. The fourth-order valence-electron chi connectivity index (χ4n) is 2.78. The number of rotatable bonds is 4. The summed E-state index contributed by atoms with van der Waals surface area (Å²) < 4.78 is 31.9. The van der Waals surface area contributed by atoms with Gasteiger partial charge in [0.2, 0.25) is 0 Å². The van der Waals surface area contributed by atoms with Crippen molar-refractivity contribution in [3.8, 4) is 0 Å². The van der Waals surface area contributed by atoms with Crippen LogP contribution in [0.5, 0.6) is 0 Å².